The Labute approximate surface area is 128 Å². The topological polar surface area (TPSA) is 38.3 Å². The fourth-order valence-corrected chi connectivity index (χ4v) is 2.51. The van der Waals surface area contributed by atoms with Crippen LogP contribution in [0.3, 0.4) is 0 Å². The molecule has 1 heterocycles. The summed E-state index contributed by atoms with van der Waals surface area (Å²) in [5.74, 6) is 0.677. The van der Waals surface area contributed by atoms with E-state index in [0.29, 0.717) is 17.2 Å². The number of hydrogen-bond donors (Lipinski definition) is 1. The van der Waals surface area contributed by atoms with Gasteiger partial charge in [0, 0.05) is 16.2 Å². The van der Waals surface area contributed by atoms with Gasteiger partial charge in [-0.15, -0.1) is 0 Å². The van der Waals surface area contributed by atoms with Crippen molar-refractivity contribution in [1.82, 2.24) is 0 Å². The van der Waals surface area contributed by atoms with E-state index >= 15 is 0 Å². The zero-order valence-electron chi connectivity index (χ0n) is 11.5. The SMILES string of the molecule is CCOc1cccc(/C=C2/C(=O)Nc3cc(Cl)ccc32)c1. The highest BCUT2D eigenvalue weighted by Crippen LogP contribution is 2.35. The predicted molar refractivity (Wildman–Crippen MR) is 85.6 cm³/mol. The van der Waals surface area contributed by atoms with Crippen LogP contribution in [0.2, 0.25) is 5.02 Å². The zero-order chi connectivity index (χ0) is 14.8. The Hall–Kier alpha value is -2.26. The van der Waals surface area contributed by atoms with Gasteiger partial charge in [-0.1, -0.05) is 29.8 Å². The molecule has 0 aliphatic carbocycles. The van der Waals surface area contributed by atoms with Crippen molar-refractivity contribution in [3.8, 4) is 5.75 Å². The van der Waals surface area contributed by atoms with Crippen LogP contribution < -0.4 is 10.1 Å². The molecule has 1 amide bonds. The third kappa shape index (κ3) is 2.78. The first-order valence-corrected chi connectivity index (χ1v) is 7.11. The first-order valence-electron chi connectivity index (χ1n) is 6.73. The van der Waals surface area contributed by atoms with Crippen molar-refractivity contribution in [3.05, 3.63) is 58.6 Å². The minimum atomic E-state index is -0.117. The van der Waals surface area contributed by atoms with Crippen LogP contribution in [0.5, 0.6) is 5.75 Å². The fraction of sp³-hybridized carbons (Fsp3) is 0.118. The summed E-state index contributed by atoms with van der Waals surface area (Å²) in [6.45, 7) is 2.55. The summed E-state index contributed by atoms with van der Waals surface area (Å²) in [5.41, 5.74) is 3.18. The molecule has 0 unspecified atom stereocenters. The second-order valence-corrected chi connectivity index (χ2v) is 5.14. The first-order chi connectivity index (χ1) is 10.2. The maximum atomic E-state index is 12.1. The third-order valence-electron chi connectivity index (χ3n) is 3.24. The number of benzene rings is 2. The highest BCUT2D eigenvalue weighted by Gasteiger charge is 2.23. The summed E-state index contributed by atoms with van der Waals surface area (Å²) in [5, 5.41) is 3.43. The molecular weight excluding hydrogens is 286 g/mol. The van der Waals surface area contributed by atoms with E-state index in [9.17, 15) is 4.79 Å². The summed E-state index contributed by atoms with van der Waals surface area (Å²) in [7, 11) is 0. The van der Waals surface area contributed by atoms with Crippen molar-refractivity contribution in [1.29, 1.82) is 0 Å². The Balaban J connectivity index is 2.00. The summed E-state index contributed by atoms with van der Waals surface area (Å²) >= 11 is 5.95. The van der Waals surface area contributed by atoms with Crippen LogP contribution in [0.4, 0.5) is 5.69 Å². The molecule has 4 heteroatoms. The number of hydrogen-bond acceptors (Lipinski definition) is 2. The summed E-state index contributed by atoms with van der Waals surface area (Å²) in [6.07, 6.45) is 1.86. The average Bonchev–Trinajstić information content (AvgIpc) is 2.75. The lowest BCUT2D eigenvalue weighted by Gasteiger charge is -2.04. The second kappa shape index (κ2) is 5.62. The fourth-order valence-electron chi connectivity index (χ4n) is 2.34. The van der Waals surface area contributed by atoms with Gasteiger partial charge in [-0.25, -0.2) is 0 Å². The molecule has 0 aromatic heterocycles. The number of carbonyl (C=O) groups excluding carboxylic acids is 1. The standard InChI is InChI=1S/C17H14ClNO2/c1-2-21-13-5-3-4-11(8-13)9-15-14-7-6-12(18)10-16(14)19-17(15)20/h3-10H,2H2,1H3,(H,19,20)/b15-9+. The van der Waals surface area contributed by atoms with Crippen molar-refractivity contribution in [3.63, 3.8) is 0 Å². The molecular formula is C17H14ClNO2. The quantitative estimate of drug-likeness (QED) is 0.861. The zero-order valence-corrected chi connectivity index (χ0v) is 12.3. The van der Waals surface area contributed by atoms with E-state index in [1.807, 2.05) is 43.3 Å². The Morgan fingerprint density at radius 3 is 2.90 bits per heavy atom. The summed E-state index contributed by atoms with van der Waals surface area (Å²) in [6, 6.07) is 13.1. The van der Waals surface area contributed by atoms with Gasteiger partial charge in [0.15, 0.2) is 0 Å². The van der Waals surface area contributed by atoms with Gasteiger partial charge < -0.3 is 10.1 Å². The van der Waals surface area contributed by atoms with Crippen LogP contribution in [0.15, 0.2) is 42.5 Å². The van der Waals surface area contributed by atoms with Crippen LogP contribution in [0, 0.1) is 0 Å². The van der Waals surface area contributed by atoms with Crippen molar-refractivity contribution >= 4 is 34.8 Å². The van der Waals surface area contributed by atoms with E-state index in [0.717, 1.165) is 22.6 Å². The molecule has 2 aromatic rings. The molecule has 2 aromatic carbocycles. The highest BCUT2D eigenvalue weighted by molar-refractivity contribution is 6.36. The van der Waals surface area contributed by atoms with Gasteiger partial charge in [-0.2, -0.15) is 0 Å². The monoisotopic (exact) mass is 299 g/mol. The Morgan fingerprint density at radius 1 is 1.24 bits per heavy atom. The molecule has 0 atom stereocenters. The Morgan fingerprint density at radius 2 is 2.10 bits per heavy atom. The van der Waals surface area contributed by atoms with Gasteiger partial charge in [0.25, 0.3) is 5.91 Å². The van der Waals surface area contributed by atoms with Gasteiger partial charge in [0.05, 0.1) is 12.3 Å². The van der Waals surface area contributed by atoms with Crippen molar-refractivity contribution < 1.29 is 9.53 Å². The number of halogens is 1. The Kier molecular flexibility index (Phi) is 3.67. The normalized spacial score (nSPS) is 15.0. The molecule has 3 nitrogen and oxygen atoms in total. The van der Waals surface area contributed by atoms with Crippen LogP contribution >= 0.6 is 11.6 Å². The van der Waals surface area contributed by atoms with E-state index in [1.165, 1.54) is 0 Å². The number of nitrogens with one attached hydrogen (secondary N) is 1. The van der Waals surface area contributed by atoms with Crippen LogP contribution in [0.25, 0.3) is 11.6 Å². The molecule has 1 aliphatic rings. The summed E-state index contributed by atoms with van der Waals surface area (Å²) < 4.78 is 5.48. The predicted octanol–water partition coefficient (Wildman–Crippen LogP) is 4.23. The minimum absolute atomic E-state index is 0.117. The Bertz CT molecular complexity index is 737. The molecule has 0 radical (unpaired) electrons. The number of anilines is 1. The van der Waals surface area contributed by atoms with Crippen molar-refractivity contribution in [2.24, 2.45) is 0 Å². The number of amides is 1. The molecule has 0 saturated carbocycles. The lowest BCUT2D eigenvalue weighted by molar-refractivity contribution is -0.110. The molecule has 3 rings (SSSR count). The maximum absolute atomic E-state index is 12.1. The molecule has 1 N–H and O–H groups in total. The molecule has 21 heavy (non-hydrogen) atoms. The third-order valence-corrected chi connectivity index (χ3v) is 3.48. The second-order valence-electron chi connectivity index (χ2n) is 4.71. The summed E-state index contributed by atoms with van der Waals surface area (Å²) in [4.78, 5) is 12.1. The lowest BCUT2D eigenvalue weighted by Crippen LogP contribution is -2.03. The first kappa shape index (κ1) is 13.7. The van der Waals surface area contributed by atoms with Gasteiger partial charge in [-0.3, -0.25) is 4.79 Å². The van der Waals surface area contributed by atoms with Crippen molar-refractivity contribution in [2.45, 2.75) is 6.92 Å². The number of ether oxygens (including phenoxy) is 1. The number of fused-ring (bicyclic) bond motifs is 1. The minimum Gasteiger partial charge on any atom is -0.494 e. The molecule has 0 bridgehead atoms. The van der Waals surface area contributed by atoms with Gasteiger partial charge >= 0.3 is 0 Å². The van der Waals surface area contributed by atoms with Crippen molar-refractivity contribution in [2.75, 3.05) is 11.9 Å². The molecule has 0 saturated heterocycles. The largest absolute Gasteiger partial charge is 0.494 e. The van der Waals surface area contributed by atoms with Crippen LogP contribution in [-0.4, -0.2) is 12.5 Å². The molecule has 0 spiro atoms. The molecule has 0 fully saturated rings. The maximum Gasteiger partial charge on any atom is 0.256 e. The van der Waals surface area contributed by atoms with Gasteiger partial charge in [0.1, 0.15) is 5.75 Å². The average molecular weight is 300 g/mol. The molecule has 1 aliphatic heterocycles. The van der Waals surface area contributed by atoms with E-state index < -0.39 is 0 Å². The van der Waals surface area contributed by atoms with Gasteiger partial charge in [0.2, 0.25) is 0 Å². The van der Waals surface area contributed by atoms with E-state index in [-0.39, 0.29) is 5.91 Å². The lowest BCUT2D eigenvalue weighted by atomic mass is 10.0. The number of rotatable bonds is 3. The molecule has 106 valence electrons. The highest BCUT2D eigenvalue weighted by atomic mass is 35.5. The van der Waals surface area contributed by atoms with E-state index in [2.05, 4.69) is 5.32 Å². The van der Waals surface area contributed by atoms with Gasteiger partial charge in [-0.05, 0) is 42.8 Å². The number of carbonyl (C=O) groups is 1. The van der Waals surface area contributed by atoms with E-state index in [1.54, 1.807) is 12.1 Å². The van der Waals surface area contributed by atoms with Crippen LogP contribution in [-0.2, 0) is 4.79 Å². The smallest absolute Gasteiger partial charge is 0.256 e. The van der Waals surface area contributed by atoms with Crippen LogP contribution in [0.1, 0.15) is 18.1 Å². The van der Waals surface area contributed by atoms with E-state index in [4.69, 9.17) is 16.3 Å².